The van der Waals surface area contributed by atoms with E-state index in [1.165, 1.54) is 0 Å². The minimum absolute atomic E-state index is 0.0640. The van der Waals surface area contributed by atoms with Crippen LogP contribution in [-0.2, 0) is 0 Å². The second-order valence-corrected chi connectivity index (χ2v) is 4.81. The summed E-state index contributed by atoms with van der Waals surface area (Å²) in [5.74, 6) is -0.177. The first kappa shape index (κ1) is 13.3. The van der Waals surface area contributed by atoms with Crippen LogP contribution in [0.3, 0.4) is 0 Å². The lowest BCUT2D eigenvalue weighted by molar-refractivity contribution is 0.100. The number of aromatic nitrogens is 1. The maximum absolute atomic E-state index is 12.2. The van der Waals surface area contributed by atoms with Gasteiger partial charge in [-0.25, -0.2) is 0 Å². The van der Waals surface area contributed by atoms with E-state index in [0.29, 0.717) is 10.9 Å². The second-order valence-electron chi connectivity index (χ2n) is 4.81. The van der Waals surface area contributed by atoms with E-state index in [1.54, 1.807) is 18.2 Å². The third kappa shape index (κ3) is 2.49. The van der Waals surface area contributed by atoms with Crippen LogP contribution in [0, 0.1) is 0 Å². The average molecular weight is 278 g/mol. The van der Waals surface area contributed by atoms with Crippen LogP contribution in [0.15, 0.2) is 59.4 Å². The highest BCUT2D eigenvalue weighted by molar-refractivity contribution is 6.01. The summed E-state index contributed by atoms with van der Waals surface area (Å²) in [5, 5.41) is 1.29. The third-order valence-electron chi connectivity index (χ3n) is 3.44. The first-order valence-electron chi connectivity index (χ1n) is 6.65. The number of nitrogens with one attached hydrogen (secondary N) is 1. The van der Waals surface area contributed by atoms with Gasteiger partial charge in [-0.15, -0.1) is 0 Å². The lowest BCUT2D eigenvalue weighted by Crippen LogP contribution is -2.14. The number of hydrogen-bond acceptors (Lipinski definition) is 3. The molecule has 0 amide bonds. The van der Waals surface area contributed by atoms with Crippen molar-refractivity contribution in [3.05, 3.63) is 70.5 Å². The molecule has 3 aromatic rings. The Morgan fingerprint density at radius 3 is 2.52 bits per heavy atom. The van der Waals surface area contributed by atoms with Crippen LogP contribution >= 0.6 is 0 Å². The lowest BCUT2D eigenvalue weighted by atomic mass is 10.0. The Kier molecular flexibility index (Phi) is 3.38. The van der Waals surface area contributed by atoms with Crippen LogP contribution in [-0.4, -0.2) is 17.3 Å². The van der Waals surface area contributed by atoms with Crippen molar-refractivity contribution in [2.24, 2.45) is 5.73 Å². The van der Waals surface area contributed by atoms with Crippen molar-refractivity contribution in [1.29, 1.82) is 0 Å². The van der Waals surface area contributed by atoms with E-state index in [2.05, 4.69) is 4.98 Å². The van der Waals surface area contributed by atoms with Crippen molar-refractivity contribution < 1.29 is 4.79 Å². The molecule has 4 heteroatoms. The molecule has 0 aliphatic heterocycles. The molecule has 1 aromatic heterocycles. The summed E-state index contributed by atoms with van der Waals surface area (Å²) in [6.07, 6.45) is 0. The predicted molar refractivity (Wildman–Crippen MR) is 83.4 cm³/mol. The van der Waals surface area contributed by atoms with E-state index in [9.17, 15) is 9.59 Å². The summed E-state index contributed by atoms with van der Waals surface area (Å²) in [4.78, 5) is 26.7. The lowest BCUT2D eigenvalue weighted by Gasteiger charge is -2.05. The molecule has 104 valence electrons. The van der Waals surface area contributed by atoms with E-state index in [-0.39, 0.29) is 17.9 Å². The summed E-state index contributed by atoms with van der Waals surface area (Å²) in [6, 6.07) is 16.6. The summed E-state index contributed by atoms with van der Waals surface area (Å²) in [7, 11) is 0. The topological polar surface area (TPSA) is 76.0 Å². The minimum Gasteiger partial charge on any atom is -0.324 e. The zero-order chi connectivity index (χ0) is 14.8. The quantitative estimate of drug-likeness (QED) is 0.722. The number of hydrogen-bond donors (Lipinski definition) is 2. The highest BCUT2D eigenvalue weighted by Crippen LogP contribution is 2.20. The van der Waals surface area contributed by atoms with Crippen molar-refractivity contribution >= 4 is 16.6 Å². The predicted octanol–water partition coefficient (Wildman–Crippen LogP) is 2.34. The summed E-state index contributed by atoms with van der Waals surface area (Å²) in [5.41, 5.74) is 7.30. The van der Waals surface area contributed by atoms with E-state index < -0.39 is 0 Å². The van der Waals surface area contributed by atoms with Gasteiger partial charge < -0.3 is 10.7 Å². The molecule has 0 spiro atoms. The molecule has 21 heavy (non-hydrogen) atoms. The molecule has 0 fully saturated rings. The number of Topliss-reactive ketones (excluding diaryl/α,β-unsaturated/α-hetero) is 1. The van der Waals surface area contributed by atoms with E-state index in [4.69, 9.17) is 5.73 Å². The number of fused-ring (bicyclic) bond motifs is 1. The van der Waals surface area contributed by atoms with Crippen LogP contribution in [0.2, 0.25) is 0 Å². The molecule has 3 rings (SSSR count). The van der Waals surface area contributed by atoms with Gasteiger partial charge in [0.1, 0.15) is 0 Å². The van der Waals surface area contributed by atoms with Gasteiger partial charge >= 0.3 is 0 Å². The fourth-order valence-electron chi connectivity index (χ4n) is 2.32. The molecule has 0 bridgehead atoms. The van der Waals surface area contributed by atoms with Gasteiger partial charge in [0.25, 0.3) is 5.56 Å². The van der Waals surface area contributed by atoms with Crippen LogP contribution in [0.4, 0.5) is 0 Å². The van der Waals surface area contributed by atoms with Gasteiger partial charge in [0.05, 0.1) is 6.54 Å². The Morgan fingerprint density at radius 1 is 1.05 bits per heavy atom. The number of carbonyl (C=O) groups is 1. The SMILES string of the molecule is NCC(=O)c1ccc2cc(-c3ccccc3)[nH]c(=O)c2c1. The molecule has 0 aliphatic carbocycles. The molecule has 0 aliphatic rings. The van der Waals surface area contributed by atoms with Crippen molar-refractivity contribution in [3.8, 4) is 11.3 Å². The van der Waals surface area contributed by atoms with Gasteiger partial charge in [-0.05, 0) is 23.1 Å². The number of aromatic amines is 1. The normalized spacial score (nSPS) is 10.7. The standard InChI is InChI=1S/C17H14N2O2/c18-10-16(20)13-7-6-12-9-15(11-4-2-1-3-5-11)19-17(21)14(12)8-13/h1-9H,10,18H2,(H,19,21). The number of rotatable bonds is 3. The van der Waals surface area contributed by atoms with Crippen molar-refractivity contribution in [2.45, 2.75) is 0 Å². The summed E-state index contributed by atoms with van der Waals surface area (Å²) < 4.78 is 0. The molecule has 0 unspecified atom stereocenters. The Labute approximate surface area is 121 Å². The Morgan fingerprint density at radius 2 is 1.81 bits per heavy atom. The van der Waals surface area contributed by atoms with Crippen LogP contribution in [0.25, 0.3) is 22.0 Å². The maximum Gasteiger partial charge on any atom is 0.256 e. The number of benzene rings is 2. The molecule has 0 saturated carbocycles. The molecule has 0 saturated heterocycles. The monoisotopic (exact) mass is 278 g/mol. The summed E-state index contributed by atoms with van der Waals surface area (Å²) in [6.45, 7) is -0.0640. The Balaban J connectivity index is 2.18. The Bertz CT molecular complexity index is 867. The van der Waals surface area contributed by atoms with Crippen molar-refractivity contribution in [2.75, 3.05) is 6.54 Å². The summed E-state index contributed by atoms with van der Waals surface area (Å²) >= 11 is 0. The number of ketones is 1. The van der Waals surface area contributed by atoms with Crippen LogP contribution in [0.5, 0.6) is 0 Å². The van der Waals surface area contributed by atoms with Crippen molar-refractivity contribution in [1.82, 2.24) is 4.98 Å². The van der Waals surface area contributed by atoms with E-state index in [1.807, 2.05) is 36.4 Å². The number of nitrogens with two attached hydrogens (primary N) is 1. The highest BCUT2D eigenvalue weighted by atomic mass is 16.1. The fourth-order valence-corrected chi connectivity index (χ4v) is 2.32. The first-order valence-corrected chi connectivity index (χ1v) is 6.65. The van der Waals surface area contributed by atoms with Gasteiger partial charge in [-0.2, -0.15) is 0 Å². The smallest absolute Gasteiger partial charge is 0.256 e. The molecular formula is C17H14N2O2. The molecule has 3 N–H and O–H groups in total. The molecule has 4 nitrogen and oxygen atoms in total. The van der Waals surface area contributed by atoms with Gasteiger partial charge in [0, 0.05) is 16.6 Å². The molecule has 1 heterocycles. The Hall–Kier alpha value is -2.72. The van der Waals surface area contributed by atoms with E-state index in [0.717, 1.165) is 16.6 Å². The van der Waals surface area contributed by atoms with E-state index >= 15 is 0 Å². The van der Waals surface area contributed by atoms with Gasteiger partial charge in [-0.1, -0.05) is 42.5 Å². The third-order valence-corrected chi connectivity index (χ3v) is 3.44. The minimum atomic E-state index is -0.210. The van der Waals surface area contributed by atoms with Gasteiger partial charge in [-0.3, -0.25) is 9.59 Å². The molecular weight excluding hydrogens is 264 g/mol. The number of carbonyl (C=O) groups excluding carboxylic acids is 1. The molecule has 0 atom stereocenters. The average Bonchev–Trinajstić information content (AvgIpc) is 2.54. The molecule has 2 aromatic carbocycles. The zero-order valence-corrected chi connectivity index (χ0v) is 11.3. The van der Waals surface area contributed by atoms with Crippen LogP contribution in [0.1, 0.15) is 10.4 Å². The second kappa shape index (κ2) is 5.34. The first-order chi connectivity index (χ1) is 10.2. The number of pyridine rings is 1. The van der Waals surface area contributed by atoms with Crippen molar-refractivity contribution in [3.63, 3.8) is 0 Å². The van der Waals surface area contributed by atoms with Gasteiger partial charge in [0.2, 0.25) is 0 Å². The fraction of sp³-hybridized carbons (Fsp3) is 0.0588. The highest BCUT2D eigenvalue weighted by Gasteiger charge is 2.08. The zero-order valence-electron chi connectivity index (χ0n) is 11.3. The molecule has 0 radical (unpaired) electrons. The van der Waals surface area contributed by atoms with Gasteiger partial charge in [0.15, 0.2) is 5.78 Å². The number of H-pyrrole nitrogens is 1. The maximum atomic E-state index is 12.2. The van der Waals surface area contributed by atoms with Crippen LogP contribution < -0.4 is 11.3 Å². The largest absolute Gasteiger partial charge is 0.324 e.